The summed E-state index contributed by atoms with van der Waals surface area (Å²) in [7, 11) is 0. The summed E-state index contributed by atoms with van der Waals surface area (Å²) in [6.45, 7) is 9.06. The SMILES string of the molecule is CC1(C)C(=O)N(Cc2ccc(Cl)cc2Cl)C(=O)N1CCCCCN1CCN(c2cccc(Cl)c2Cl)CC1.Cl. The minimum Gasteiger partial charge on any atom is -0.368 e. The molecule has 3 amide bonds. The van der Waals surface area contributed by atoms with Gasteiger partial charge in [-0.25, -0.2) is 4.79 Å². The molecule has 0 unspecified atom stereocenters. The number of nitrogens with zero attached hydrogens (tertiary/aromatic N) is 4. The molecule has 0 N–H and O–H groups in total. The molecule has 0 atom stereocenters. The molecule has 2 saturated heterocycles. The van der Waals surface area contributed by atoms with Crippen LogP contribution in [0.1, 0.15) is 38.7 Å². The van der Waals surface area contributed by atoms with E-state index >= 15 is 0 Å². The van der Waals surface area contributed by atoms with Crippen LogP contribution in [0.3, 0.4) is 0 Å². The average molecular weight is 623 g/mol. The molecule has 0 aromatic heterocycles. The fraction of sp³-hybridized carbons (Fsp3) is 0.481. The first kappa shape index (κ1) is 31.1. The number of halogens is 5. The number of carbonyl (C=O) groups is 2. The van der Waals surface area contributed by atoms with Crippen molar-refractivity contribution in [2.75, 3.05) is 44.2 Å². The van der Waals surface area contributed by atoms with Crippen molar-refractivity contribution >= 4 is 76.4 Å². The summed E-state index contributed by atoms with van der Waals surface area (Å²) >= 11 is 24.8. The predicted octanol–water partition coefficient (Wildman–Crippen LogP) is 7.26. The van der Waals surface area contributed by atoms with Gasteiger partial charge in [-0.3, -0.25) is 14.6 Å². The van der Waals surface area contributed by atoms with Crippen LogP contribution < -0.4 is 4.90 Å². The summed E-state index contributed by atoms with van der Waals surface area (Å²) in [6.07, 6.45) is 2.87. The molecule has 0 bridgehead atoms. The summed E-state index contributed by atoms with van der Waals surface area (Å²) in [5.41, 5.74) is 0.810. The lowest BCUT2D eigenvalue weighted by atomic mass is 10.0. The van der Waals surface area contributed by atoms with E-state index in [1.807, 2.05) is 32.0 Å². The molecule has 2 heterocycles. The monoisotopic (exact) mass is 620 g/mol. The van der Waals surface area contributed by atoms with Crippen LogP contribution in [0.2, 0.25) is 20.1 Å². The highest BCUT2D eigenvalue weighted by molar-refractivity contribution is 6.43. The Morgan fingerprint density at radius 3 is 2.21 bits per heavy atom. The summed E-state index contributed by atoms with van der Waals surface area (Å²) in [5.74, 6) is -0.207. The summed E-state index contributed by atoms with van der Waals surface area (Å²) in [6, 6.07) is 10.6. The molecule has 11 heteroatoms. The third kappa shape index (κ3) is 6.83. The third-order valence-electron chi connectivity index (χ3n) is 7.25. The van der Waals surface area contributed by atoms with E-state index in [0.717, 1.165) is 57.7 Å². The van der Waals surface area contributed by atoms with Gasteiger partial charge < -0.3 is 9.80 Å². The van der Waals surface area contributed by atoms with Crippen LogP contribution in [-0.4, -0.2) is 71.4 Å². The molecule has 2 aromatic carbocycles. The number of hydrogen-bond donors (Lipinski definition) is 0. The van der Waals surface area contributed by atoms with Crippen molar-refractivity contribution < 1.29 is 9.59 Å². The van der Waals surface area contributed by atoms with Crippen LogP contribution >= 0.6 is 58.8 Å². The second-order valence-electron chi connectivity index (χ2n) is 10.1. The number of rotatable bonds is 9. The van der Waals surface area contributed by atoms with Gasteiger partial charge in [0.15, 0.2) is 0 Å². The van der Waals surface area contributed by atoms with Crippen LogP contribution in [0.5, 0.6) is 0 Å². The highest BCUT2D eigenvalue weighted by Gasteiger charge is 2.50. The van der Waals surface area contributed by atoms with Crippen molar-refractivity contribution in [3.8, 4) is 0 Å². The Hall–Kier alpha value is -1.41. The van der Waals surface area contributed by atoms with Gasteiger partial charge in [-0.2, -0.15) is 0 Å². The van der Waals surface area contributed by atoms with E-state index in [2.05, 4.69) is 9.80 Å². The van der Waals surface area contributed by atoms with Gasteiger partial charge in [0.05, 0.1) is 22.3 Å². The number of benzene rings is 2. The highest BCUT2D eigenvalue weighted by Crippen LogP contribution is 2.33. The quantitative estimate of drug-likeness (QED) is 0.218. The smallest absolute Gasteiger partial charge is 0.327 e. The fourth-order valence-electron chi connectivity index (χ4n) is 4.98. The van der Waals surface area contributed by atoms with E-state index in [1.54, 1.807) is 23.1 Å². The van der Waals surface area contributed by atoms with Gasteiger partial charge in [0.1, 0.15) is 5.54 Å². The topological polar surface area (TPSA) is 47.1 Å². The summed E-state index contributed by atoms with van der Waals surface area (Å²) in [4.78, 5) is 33.9. The molecule has 0 saturated carbocycles. The molecule has 2 aliphatic heterocycles. The molecule has 208 valence electrons. The number of anilines is 1. The Kier molecular flexibility index (Phi) is 10.9. The van der Waals surface area contributed by atoms with Crippen LogP contribution in [0, 0.1) is 0 Å². The predicted molar refractivity (Wildman–Crippen MR) is 159 cm³/mol. The number of hydrogen-bond acceptors (Lipinski definition) is 4. The number of imide groups is 1. The molecular formula is C27H33Cl5N4O2. The second kappa shape index (κ2) is 13.3. The van der Waals surface area contributed by atoms with E-state index < -0.39 is 5.54 Å². The first-order valence-electron chi connectivity index (χ1n) is 12.6. The largest absolute Gasteiger partial charge is 0.368 e. The maximum absolute atomic E-state index is 13.1. The maximum atomic E-state index is 13.1. The van der Waals surface area contributed by atoms with E-state index in [-0.39, 0.29) is 30.9 Å². The lowest BCUT2D eigenvalue weighted by molar-refractivity contribution is -0.132. The fourth-order valence-corrected chi connectivity index (χ4v) is 5.87. The van der Waals surface area contributed by atoms with Crippen molar-refractivity contribution in [3.05, 3.63) is 62.1 Å². The first-order chi connectivity index (χ1) is 17.6. The van der Waals surface area contributed by atoms with Crippen molar-refractivity contribution in [3.63, 3.8) is 0 Å². The molecule has 0 aliphatic carbocycles. The number of piperazine rings is 1. The standard InChI is InChI=1S/C27H32Cl4N4O2.ClH/c1-27(2)25(36)34(18-19-9-10-20(28)17-22(19)30)26(37)35(27)12-5-3-4-11-32-13-15-33(16-14-32)23-8-6-7-21(29)24(23)31;/h6-10,17H,3-5,11-16,18H2,1-2H3;1H. The van der Waals surface area contributed by atoms with Crippen molar-refractivity contribution in [1.29, 1.82) is 0 Å². The number of carbonyl (C=O) groups excluding carboxylic acids is 2. The molecule has 6 nitrogen and oxygen atoms in total. The Morgan fingerprint density at radius 1 is 0.842 bits per heavy atom. The summed E-state index contributed by atoms with van der Waals surface area (Å²) < 4.78 is 0. The van der Waals surface area contributed by atoms with E-state index in [1.165, 1.54) is 4.90 Å². The van der Waals surface area contributed by atoms with Crippen molar-refractivity contribution in [2.45, 2.75) is 45.2 Å². The minimum absolute atomic E-state index is 0. The van der Waals surface area contributed by atoms with Crippen molar-refractivity contribution in [2.24, 2.45) is 0 Å². The Labute approximate surface area is 251 Å². The van der Waals surface area contributed by atoms with Gasteiger partial charge in [-0.05, 0) is 63.1 Å². The van der Waals surface area contributed by atoms with Gasteiger partial charge in [0.2, 0.25) is 0 Å². The molecule has 0 spiro atoms. The molecule has 2 aromatic rings. The van der Waals surface area contributed by atoms with Crippen molar-refractivity contribution in [1.82, 2.24) is 14.7 Å². The number of urea groups is 1. The van der Waals surface area contributed by atoms with E-state index in [0.29, 0.717) is 32.2 Å². The molecule has 2 aliphatic rings. The average Bonchev–Trinajstić information content (AvgIpc) is 3.02. The van der Waals surface area contributed by atoms with Gasteiger partial charge in [-0.15, -0.1) is 12.4 Å². The number of unbranched alkanes of at least 4 members (excludes halogenated alkanes) is 2. The number of amides is 3. The molecule has 2 fully saturated rings. The Bertz CT molecular complexity index is 1150. The van der Waals surface area contributed by atoms with Crippen LogP contribution in [0.15, 0.2) is 36.4 Å². The zero-order valence-corrected chi connectivity index (χ0v) is 25.4. The highest BCUT2D eigenvalue weighted by atomic mass is 35.5. The molecular weight excluding hydrogens is 590 g/mol. The molecule has 4 rings (SSSR count). The Balaban J connectivity index is 0.00000400. The third-order valence-corrected chi connectivity index (χ3v) is 8.64. The van der Waals surface area contributed by atoms with Crippen LogP contribution in [0.4, 0.5) is 10.5 Å². The maximum Gasteiger partial charge on any atom is 0.327 e. The van der Waals surface area contributed by atoms with E-state index in [9.17, 15) is 9.59 Å². The van der Waals surface area contributed by atoms with Crippen LogP contribution in [0.25, 0.3) is 0 Å². The molecule has 0 radical (unpaired) electrons. The van der Waals surface area contributed by atoms with E-state index in [4.69, 9.17) is 46.4 Å². The zero-order valence-electron chi connectivity index (χ0n) is 21.6. The van der Waals surface area contributed by atoms with Crippen LogP contribution in [-0.2, 0) is 11.3 Å². The molecule has 38 heavy (non-hydrogen) atoms. The second-order valence-corrected chi connectivity index (χ2v) is 11.7. The van der Waals surface area contributed by atoms with Gasteiger partial charge in [-0.1, -0.05) is 65.0 Å². The Morgan fingerprint density at radius 2 is 1.53 bits per heavy atom. The lowest BCUT2D eigenvalue weighted by Gasteiger charge is -2.36. The zero-order chi connectivity index (χ0) is 26.7. The summed E-state index contributed by atoms with van der Waals surface area (Å²) in [5, 5.41) is 2.16. The minimum atomic E-state index is -0.881. The lowest BCUT2D eigenvalue weighted by Crippen LogP contribution is -2.46. The first-order valence-corrected chi connectivity index (χ1v) is 14.1. The van der Waals surface area contributed by atoms with Gasteiger partial charge >= 0.3 is 6.03 Å². The van der Waals surface area contributed by atoms with Gasteiger partial charge in [0, 0.05) is 42.8 Å². The van der Waals surface area contributed by atoms with Gasteiger partial charge in [0.25, 0.3) is 5.91 Å². The normalized spacial score (nSPS) is 17.8.